The van der Waals surface area contributed by atoms with Gasteiger partial charge in [-0.15, -0.1) is 0 Å². The van der Waals surface area contributed by atoms with Gasteiger partial charge in [-0.3, -0.25) is 4.79 Å². The van der Waals surface area contributed by atoms with Crippen molar-refractivity contribution in [1.29, 1.82) is 0 Å². The van der Waals surface area contributed by atoms with Gasteiger partial charge in [-0.25, -0.2) is 19.2 Å². The van der Waals surface area contributed by atoms with Crippen LogP contribution in [-0.2, 0) is 23.7 Å². The lowest BCUT2D eigenvalue weighted by molar-refractivity contribution is -0.275. The lowest BCUT2D eigenvalue weighted by atomic mass is 9.97. The Bertz CT molecular complexity index is 2790. The summed E-state index contributed by atoms with van der Waals surface area (Å²) in [4.78, 5) is 68.3. The van der Waals surface area contributed by atoms with E-state index in [0.29, 0.717) is 5.56 Å². The number of phenols is 2. The Morgan fingerprint density at radius 3 is 1.54 bits per heavy atom. The second-order valence-corrected chi connectivity index (χ2v) is 14.2. The molecule has 63 heavy (non-hydrogen) atoms. The number of hydrogen-bond donors (Lipinski definition) is 2. The second kappa shape index (κ2) is 18.6. The van der Waals surface area contributed by atoms with Crippen LogP contribution in [0.4, 0.5) is 0 Å². The van der Waals surface area contributed by atoms with Crippen LogP contribution in [0.25, 0.3) is 22.3 Å². The summed E-state index contributed by atoms with van der Waals surface area (Å²) in [5.41, 5.74) is 0.213. The van der Waals surface area contributed by atoms with Crippen LogP contribution in [-0.4, -0.2) is 71.4 Å². The molecule has 1 fully saturated rings. The first-order valence-electron chi connectivity index (χ1n) is 19.5. The van der Waals surface area contributed by atoms with Gasteiger partial charge < -0.3 is 43.1 Å². The molecule has 0 amide bonds. The molecule has 7 aromatic rings. The van der Waals surface area contributed by atoms with Crippen LogP contribution in [0.3, 0.4) is 0 Å². The van der Waals surface area contributed by atoms with Crippen molar-refractivity contribution in [3.05, 3.63) is 196 Å². The van der Waals surface area contributed by atoms with Gasteiger partial charge in [0.2, 0.25) is 12.4 Å². The van der Waals surface area contributed by atoms with E-state index in [1.54, 1.807) is 72.8 Å². The highest BCUT2D eigenvalue weighted by molar-refractivity contribution is 5.92. The van der Waals surface area contributed by atoms with E-state index in [0.717, 1.165) is 6.07 Å². The van der Waals surface area contributed by atoms with Gasteiger partial charge in [-0.2, -0.15) is 0 Å². The van der Waals surface area contributed by atoms with E-state index in [9.17, 15) is 34.2 Å². The number of phenolic OH excluding ortho intramolecular Hbond substituents is 2. The Labute approximate surface area is 358 Å². The quantitative estimate of drug-likeness (QED) is 0.0906. The van der Waals surface area contributed by atoms with Crippen LogP contribution in [0.5, 0.6) is 17.2 Å². The van der Waals surface area contributed by atoms with E-state index in [-0.39, 0.29) is 50.5 Å². The number of fused-ring (bicyclic) bond motifs is 1. The molecule has 0 aliphatic carbocycles. The number of ether oxygens (including phenoxy) is 6. The SMILES string of the molecule is O=C(OC[C@H]1O[C@@H](Oc2cc(O)c3c(=O)cc(-c4ccc(O)cc4)oc3c2)[C@H](OC(=O)c2ccccc2)[C@@H](OC(=O)c2ccccc2)[C@@H]1OC(=O)c1ccccc1)c1ccccc1. The van der Waals surface area contributed by atoms with Crippen molar-refractivity contribution in [3.63, 3.8) is 0 Å². The van der Waals surface area contributed by atoms with E-state index < -0.39 is 72.4 Å². The molecule has 0 bridgehead atoms. The Morgan fingerprint density at radius 1 is 0.540 bits per heavy atom. The van der Waals surface area contributed by atoms with Crippen molar-refractivity contribution in [2.24, 2.45) is 0 Å². The molecular formula is C49H36O14. The molecule has 1 aromatic heterocycles. The van der Waals surface area contributed by atoms with Crippen molar-refractivity contribution in [1.82, 2.24) is 0 Å². The smallest absolute Gasteiger partial charge is 0.338 e. The van der Waals surface area contributed by atoms with E-state index in [1.807, 2.05) is 0 Å². The first kappa shape index (κ1) is 41.5. The van der Waals surface area contributed by atoms with Crippen LogP contribution in [0, 0.1) is 0 Å². The number of carbonyl (C=O) groups is 4. The highest BCUT2D eigenvalue weighted by atomic mass is 16.7. The zero-order valence-corrected chi connectivity index (χ0v) is 33.0. The molecule has 2 N–H and O–H groups in total. The van der Waals surface area contributed by atoms with Crippen LogP contribution in [0.1, 0.15) is 41.4 Å². The monoisotopic (exact) mass is 848 g/mol. The fourth-order valence-corrected chi connectivity index (χ4v) is 6.84. The van der Waals surface area contributed by atoms with Gasteiger partial charge in [0.25, 0.3) is 0 Å². The Kier molecular flexibility index (Phi) is 12.2. The maximum Gasteiger partial charge on any atom is 0.338 e. The molecule has 1 aliphatic heterocycles. The summed E-state index contributed by atoms with van der Waals surface area (Å²) in [5, 5.41) is 20.8. The molecule has 0 unspecified atom stereocenters. The number of aromatic hydroxyl groups is 2. The topological polar surface area (TPSA) is 194 Å². The van der Waals surface area contributed by atoms with Crippen molar-refractivity contribution >= 4 is 34.8 Å². The van der Waals surface area contributed by atoms with Gasteiger partial charge in [0, 0.05) is 23.8 Å². The van der Waals surface area contributed by atoms with Crippen LogP contribution < -0.4 is 10.2 Å². The first-order chi connectivity index (χ1) is 30.6. The molecule has 0 saturated carbocycles. The number of hydrogen-bond acceptors (Lipinski definition) is 14. The molecule has 0 spiro atoms. The molecule has 14 nitrogen and oxygen atoms in total. The zero-order chi connectivity index (χ0) is 43.9. The average molecular weight is 849 g/mol. The molecule has 1 aliphatic rings. The fourth-order valence-electron chi connectivity index (χ4n) is 6.84. The summed E-state index contributed by atoms with van der Waals surface area (Å²) in [6.07, 6.45) is -8.32. The average Bonchev–Trinajstić information content (AvgIpc) is 3.31. The Balaban J connectivity index is 1.23. The minimum absolute atomic E-state index is 0.0109. The molecule has 0 radical (unpaired) electrons. The summed E-state index contributed by atoms with van der Waals surface area (Å²) in [5.74, 6) is -4.09. The summed E-state index contributed by atoms with van der Waals surface area (Å²) in [6, 6.07) is 41.2. The molecule has 2 heterocycles. The molecule has 6 aromatic carbocycles. The largest absolute Gasteiger partial charge is 0.508 e. The number of benzene rings is 6. The molecule has 1 saturated heterocycles. The third kappa shape index (κ3) is 9.56. The Morgan fingerprint density at radius 2 is 1.02 bits per heavy atom. The number of carbonyl (C=O) groups excluding carboxylic acids is 4. The third-order valence-electron chi connectivity index (χ3n) is 9.92. The van der Waals surface area contributed by atoms with Gasteiger partial charge in [-0.05, 0) is 72.8 Å². The van der Waals surface area contributed by atoms with Gasteiger partial charge >= 0.3 is 23.9 Å². The Hall–Kier alpha value is -8.23. The summed E-state index contributed by atoms with van der Waals surface area (Å²) < 4.78 is 42.8. The lowest BCUT2D eigenvalue weighted by Gasteiger charge is -2.44. The van der Waals surface area contributed by atoms with Crippen LogP contribution >= 0.6 is 0 Å². The van der Waals surface area contributed by atoms with Crippen molar-refractivity contribution in [2.75, 3.05) is 6.61 Å². The zero-order valence-electron chi connectivity index (χ0n) is 33.0. The standard InChI is InChI=1S/C49H36O14/c50-34-23-21-29(22-24-34)38-27-37(52)41-36(51)25-35(26-39(41)59-38)58-49-44(63-48(56)33-19-11-4-12-20-33)43(62-47(55)32-17-9-3-10-18-32)42(61-46(54)31-15-7-2-8-16-31)40(60-49)28-57-45(53)30-13-5-1-6-14-30/h1-27,40,42-44,49-51H,28H2/t40-,42-,43+,44-,49-/m1/s1. The summed E-state index contributed by atoms with van der Waals surface area (Å²) >= 11 is 0. The van der Waals surface area contributed by atoms with Gasteiger partial charge in [0.15, 0.2) is 17.6 Å². The maximum absolute atomic E-state index is 14.0. The van der Waals surface area contributed by atoms with Gasteiger partial charge in [0.05, 0.1) is 22.3 Å². The predicted molar refractivity (Wildman–Crippen MR) is 224 cm³/mol. The molecular weight excluding hydrogens is 813 g/mol. The van der Waals surface area contributed by atoms with E-state index in [1.165, 1.54) is 84.9 Å². The molecule has 316 valence electrons. The second-order valence-electron chi connectivity index (χ2n) is 14.2. The fraction of sp³-hybridized carbons (Fsp3) is 0.122. The van der Waals surface area contributed by atoms with Crippen LogP contribution in [0.2, 0.25) is 0 Å². The minimum Gasteiger partial charge on any atom is -0.508 e. The first-order valence-corrected chi connectivity index (χ1v) is 19.5. The highest BCUT2D eigenvalue weighted by Crippen LogP contribution is 2.36. The van der Waals surface area contributed by atoms with Crippen molar-refractivity contribution in [3.8, 4) is 28.6 Å². The van der Waals surface area contributed by atoms with Crippen molar-refractivity contribution < 1.29 is 62.2 Å². The van der Waals surface area contributed by atoms with E-state index in [4.69, 9.17) is 32.8 Å². The highest BCUT2D eigenvalue weighted by Gasteiger charge is 2.54. The lowest BCUT2D eigenvalue weighted by Crippen LogP contribution is -2.63. The third-order valence-corrected chi connectivity index (χ3v) is 9.92. The predicted octanol–water partition coefficient (Wildman–Crippen LogP) is 7.51. The minimum atomic E-state index is -1.76. The number of esters is 4. The van der Waals surface area contributed by atoms with E-state index in [2.05, 4.69) is 0 Å². The molecule has 5 atom stereocenters. The van der Waals surface area contributed by atoms with Crippen LogP contribution in [0.15, 0.2) is 173 Å². The van der Waals surface area contributed by atoms with E-state index >= 15 is 0 Å². The number of rotatable bonds is 12. The van der Waals surface area contributed by atoms with Crippen molar-refractivity contribution in [2.45, 2.75) is 30.7 Å². The summed E-state index contributed by atoms with van der Waals surface area (Å²) in [7, 11) is 0. The molecule has 14 heteroatoms. The molecule has 8 rings (SSSR count). The van der Waals surface area contributed by atoms with Gasteiger partial charge in [-0.1, -0.05) is 72.8 Å². The summed E-state index contributed by atoms with van der Waals surface area (Å²) in [6.45, 7) is -0.604. The van der Waals surface area contributed by atoms with Gasteiger partial charge in [0.1, 0.15) is 46.7 Å². The normalized spacial score (nSPS) is 18.1. The maximum atomic E-state index is 14.0.